The number of hydrogen-bond acceptors (Lipinski definition) is 3. The number of nitrogens with one attached hydrogen (secondary N) is 2. The summed E-state index contributed by atoms with van der Waals surface area (Å²) in [5.41, 5.74) is 2.02. The van der Waals surface area contributed by atoms with E-state index in [9.17, 15) is 4.79 Å². The van der Waals surface area contributed by atoms with Gasteiger partial charge < -0.3 is 15.4 Å². The lowest BCUT2D eigenvalue weighted by atomic mass is 10.1. The first kappa shape index (κ1) is 16.3. The molecule has 20 heavy (non-hydrogen) atoms. The third-order valence-electron chi connectivity index (χ3n) is 3.22. The van der Waals surface area contributed by atoms with Crippen LogP contribution in [0.4, 0.5) is 5.69 Å². The van der Waals surface area contributed by atoms with Gasteiger partial charge in [-0.3, -0.25) is 4.79 Å². The summed E-state index contributed by atoms with van der Waals surface area (Å²) in [4.78, 5) is 12.0. The van der Waals surface area contributed by atoms with Gasteiger partial charge in [-0.2, -0.15) is 0 Å². The van der Waals surface area contributed by atoms with Crippen molar-refractivity contribution in [3.8, 4) is 5.75 Å². The molecular weight excluding hydrogens is 252 g/mol. The largest absolute Gasteiger partial charge is 0.497 e. The number of methoxy groups -OCH3 is 1. The van der Waals surface area contributed by atoms with Crippen LogP contribution >= 0.6 is 0 Å². The summed E-state index contributed by atoms with van der Waals surface area (Å²) in [7, 11) is 1.65. The normalized spacial score (nSPS) is 12.1. The van der Waals surface area contributed by atoms with E-state index >= 15 is 0 Å². The third kappa shape index (κ3) is 5.11. The van der Waals surface area contributed by atoms with Gasteiger partial charge in [-0.15, -0.1) is 0 Å². The summed E-state index contributed by atoms with van der Waals surface area (Å²) < 4.78 is 5.17. The fourth-order valence-electron chi connectivity index (χ4n) is 1.86. The molecule has 0 aromatic heterocycles. The minimum atomic E-state index is -0.255. The van der Waals surface area contributed by atoms with E-state index in [1.54, 1.807) is 7.11 Å². The molecule has 1 atom stereocenters. The highest BCUT2D eigenvalue weighted by atomic mass is 16.5. The van der Waals surface area contributed by atoms with Gasteiger partial charge in [0.1, 0.15) is 11.8 Å². The summed E-state index contributed by atoms with van der Waals surface area (Å²) >= 11 is 0. The van der Waals surface area contributed by atoms with Gasteiger partial charge in [0.05, 0.1) is 7.11 Å². The molecule has 0 aliphatic heterocycles. The smallest absolute Gasteiger partial charge is 0.242 e. The van der Waals surface area contributed by atoms with Gasteiger partial charge in [-0.1, -0.05) is 13.8 Å². The minimum absolute atomic E-state index is 0.0286. The Morgan fingerprint density at radius 3 is 2.55 bits per heavy atom. The van der Waals surface area contributed by atoms with Crippen molar-refractivity contribution in [1.29, 1.82) is 0 Å². The van der Waals surface area contributed by atoms with Crippen molar-refractivity contribution >= 4 is 11.6 Å². The monoisotopic (exact) mass is 278 g/mol. The number of ether oxygens (including phenoxy) is 1. The number of carbonyl (C=O) groups excluding carboxylic acids is 1. The Morgan fingerprint density at radius 1 is 1.30 bits per heavy atom. The van der Waals surface area contributed by atoms with Crippen molar-refractivity contribution in [3.05, 3.63) is 23.8 Å². The van der Waals surface area contributed by atoms with E-state index in [-0.39, 0.29) is 11.9 Å². The molecule has 0 bridgehead atoms. The van der Waals surface area contributed by atoms with Crippen LogP contribution in [0.25, 0.3) is 0 Å². The van der Waals surface area contributed by atoms with E-state index < -0.39 is 0 Å². The number of aryl methyl sites for hydroxylation is 1. The molecule has 1 amide bonds. The summed E-state index contributed by atoms with van der Waals surface area (Å²) in [6, 6.07) is 5.52. The second-order valence-electron chi connectivity index (χ2n) is 5.52. The van der Waals surface area contributed by atoms with Gasteiger partial charge >= 0.3 is 0 Å². The Bertz CT molecular complexity index is 444. The predicted octanol–water partition coefficient (Wildman–Crippen LogP) is 2.97. The Kier molecular flexibility index (Phi) is 6.36. The molecule has 0 heterocycles. The van der Waals surface area contributed by atoms with Gasteiger partial charge in [0.2, 0.25) is 5.91 Å². The molecule has 0 saturated carbocycles. The minimum Gasteiger partial charge on any atom is -0.497 e. The van der Waals surface area contributed by atoms with Crippen LogP contribution in [0.5, 0.6) is 5.75 Å². The van der Waals surface area contributed by atoms with Crippen LogP contribution in [0.1, 0.15) is 32.8 Å². The number of amides is 1. The molecule has 0 aliphatic rings. The van der Waals surface area contributed by atoms with Crippen LogP contribution < -0.4 is 15.4 Å². The van der Waals surface area contributed by atoms with Crippen LogP contribution in [0, 0.1) is 12.8 Å². The molecule has 1 aromatic carbocycles. The number of anilines is 1. The van der Waals surface area contributed by atoms with E-state index in [1.165, 1.54) is 0 Å². The Morgan fingerprint density at radius 2 is 2.00 bits per heavy atom. The average Bonchev–Trinajstić information content (AvgIpc) is 2.40. The lowest BCUT2D eigenvalue weighted by Gasteiger charge is -2.17. The van der Waals surface area contributed by atoms with Crippen molar-refractivity contribution in [2.45, 2.75) is 40.2 Å². The number of benzene rings is 1. The van der Waals surface area contributed by atoms with Crippen molar-refractivity contribution in [1.82, 2.24) is 5.32 Å². The van der Waals surface area contributed by atoms with Gasteiger partial charge in [0.25, 0.3) is 0 Å². The molecule has 0 aliphatic carbocycles. The molecule has 2 N–H and O–H groups in total. The molecule has 4 nitrogen and oxygen atoms in total. The van der Waals surface area contributed by atoms with Crippen LogP contribution in [0.15, 0.2) is 18.2 Å². The van der Waals surface area contributed by atoms with E-state index in [1.807, 2.05) is 32.0 Å². The fourth-order valence-corrected chi connectivity index (χ4v) is 1.86. The molecule has 0 saturated heterocycles. The zero-order valence-corrected chi connectivity index (χ0v) is 13.1. The van der Waals surface area contributed by atoms with Crippen LogP contribution in [0.3, 0.4) is 0 Å². The van der Waals surface area contributed by atoms with E-state index in [0.717, 1.165) is 30.0 Å². The van der Waals surface area contributed by atoms with Gasteiger partial charge in [0, 0.05) is 12.2 Å². The van der Waals surface area contributed by atoms with Gasteiger partial charge in [-0.25, -0.2) is 0 Å². The predicted molar refractivity (Wildman–Crippen MR) is 83.3 cm³/mol. The Hall–Kier alpha value is -1.71. The molecule has 112 valence electrons. The highest BCUT2D eigenvalue weighted by Crippen LogP contribution is 2.21. The second kappa shape index (κ2) is 7.78. The van der Waals surface area contributed by atoms with Crippen molar-refractivity contribution in [2.75, 3.05) is 19.0 Å². The number of hydrogen-bond donors (Lipinski definition) is 2. The molecule has 0 radical (unpaired) electrons. The van der Waals surface area contributed by atoms with Crippen LogP contribution in [-0.4, -0.2) is 25.6 Å². The summed E-state index contributed by atoms with van der Waals surface area (Å²) in [5, 5.41) is 6.18. The van der Waals surface area contributed by atoms with Crippen LogP contribution in [-0.2, 0) is 4.79 Å². The summed E-state index contributed by atoms with van der Waals surface area (Å²) in [5.74, 6) is 1.45. The average molecular weight is 278 g/mol. The quantitative estimate of drug-likeness (QED) is 0.806. The first-order valence-corrected chi connectivity index (χ1v) is 7.13. The van der Waals surface area contributed by atoms with Gasteiger partial charge in [0.15, 0.2) is 0 Å². The highest BCUT2D eigenvalue weighted by Gasteiger charge is 2.13. The standard InChI is InChI=1S/C16H26N2O2/c1-11(2)8-9-17-16(19)13(4)18-15-7-6-14(20-5)10-12(15)3/h6-7,10-11,13,18H,8-9H2,1-5H3,(H,17,19). The van der Waals surface area contributed by atoms with Gasteiger partial charge in [-0.05, 0) is 49.9 Å². The third-order valence-corrected chi connectivity index (χ3v) is 3.22. The fraction of sp³-hybridized carbons (Fsp3) is 0.562. The lowest BCUT2D eigenvalue weighted by molar-refractivity contribution is -0.121. The molecule has 1 unspecified atom stereocenters. The van der Waals surface area contributed by atoms with Crippen molar-refractivity contribution < 1.29 is 9.53 Å². The first-order chi connectivity index (χ1) is 9.43. The SMILES string of the molecule is COc1ccc(NC(C)C(=O)NCCC(C)C)c(C)c1. The molecule has 4 heteroatoms. The number of rotatable bonds is 7. The van der Waals surface area contributed by atoms with Crippen molar-refractivity contribution in [3.63, 3.8) is 0 Å². The molecule has 1 aromatic rings. The molecular formula is C16H26N2O2. The zero-order chi connectivity index (χ0) is 15.1. The molecule has 1 rings (SSSR count). The second-order valence-corrected chi connectivity index (χ2v) is 5.52. The topological polar surface area (TPSA) is 50.4 Å². The summed E-state index contributed by atoms with van der Waals surface area (Å²) in [6.45, 7) is 8.88. The molecule has 0 spiro atoms. The van der Waals surface area contributed by atoms with E-state index in [0.29, 0.717) is 5.92 Å². The Balaban J connectivity index is 2.52. The lowest BCUT2D eigenvalue weighted by Crippen LogP contribution is -2.38. The first-order valence-electron chi connectivity index (χ1n) is 7.13. The highest BCUT2D eigenvalue weighted by molar-refractivity contribution is 5.84. The van der Waals surface area contributed by atoms with Crippen molar-refractivity contribution in [2.24, 2.45) is 5.92 Å². The maximum absolute atomic E-state index is 12.0. The Labute approximate surface area is 121 Å². The maximum atomic E-state index is 12.0. The zero-order valence-electron chi connectivity index (χ0n) is 13.1. The summed E-state index contributed by atoms with van der Waals surface area (Å²) in [6.07, 6.45) is 1.00. The number of carbonyl (C=O) groups is 1. The maximum Gasteiger partial charge on any atom is 0.242 e. The van der Waals surface area contributed by atoms with E-state index in [2.05, 4.69) is 24.5 Å². The van der Waals surface area contributed by atoms with Crippen LogP contribution in [0.2, 0.25) is 0 Å². The molecule has 0 fully saturated rings. The van der Waals surface area contributed by atoms with E-state index in [4.69, 9.17) is 4.74 Å².